The molecule has 0 amide bonds. The average molecular weight is 385 g/mol. The molecule has 1 aliphatic rings. The first-order valence-corrected chi connectivity index (χ1v) is 9.97. The summed E-state index contributed by atoms with van der Waals surface area (Å²) in [6.07, 6.45) is 5.83. The second kappa shape index (κ2) is 6.46. The van der Waals surface area contributed by atoms with Crippen LogP contribution in [-0.2, 0) is 11.8 Å². The maximum atomic E-state index is 13.3. The fourth-order valence-corrected chi connectivity index (χ4v) is 4.54. The second-order valence-corrected chi connectivity index (χ2v) is 8.06. The maximum absolute atomic E-state index is 13.3. The van der Waals surface area contributed by atoms with Crippen LogP contribution in [0.15, 0.2) is 9.59 Å². The van der Waals surface area contributed by atoms with Crippen LogP contribution in [0.2, 0.25) is 0 Å². The minimum Gasteiger partial charge on any atom is -0.311 e. The number of aryl methyl sites for hydroxylation is 2. The van der Waals surface area contributed by atoms with Crippen LogP contribution in [0.5, 0.6) is 0 Å². The fraction of sp³-hybridized carbons (Fsp3) is 0.600. The third-order valence-corrected chi connectivity index (χ3v) is 6.42. The normalized spacial score (nSPS) is 16.9. The van der Waals surface area contributed by atoms with Crippen LogP contribution in [0.25, 0.3) is 16.9 Å². The fourth-order valence-electron chi connectivity index (χ4n) is 4.54. The van der Waals surface area contributed by atoms with Crippen molar-refractivity contribution in [2.75, 3.05) is 0 Å². The molecule has 28 heavy (non-hydrogen) atoms. The van der Waals surface area contributed by atoms with Crippen molar-refractivity contribution in [1.82, 2.24) is 23.1 Å². The van der Waals surface area contributed by atoms with Crippen LogP contribution in [0, 0.1) is 13.8 Å². The van der Waals surface area contributed by atoms with Crippen molar-refractivity contribution in [2.24, 2.45) is 7.05 Å². The molecule has 3 aromatic rings. The minimum absolute atomic E-state index is 0.230. The Bertz CT molecular complexity index is 1220. The van der Waals surface area contributed by atoms with E-state index in [2.05, 4.69) is 11.5 Å². The van der Waals surface area contributed by atoms with Gasteiger partial charge in [0.05, 0.1) is 6.04 Å². The van der Waals surface area contributed by atoms with Gasteiger partial charge in [-0.1, -0.05) is 19.3 Å². The van der Waals surface area contributed by atoms with E-state index in [0.29, 0.717) is 23.0 Å². The highest BCUT2D eigenvalue weighted by Gasteiger charge is 2.28. The smallest absolute Gasteiger partial charge is 0.311 e. The lowest BCUT2D eigenvalue weighted by Gasteiger charge is -2.24. The van der Waals surface area contributed by atoms with Crippen LogP contribution in [0.4, 0.5) is 0 Å². The van der Waals surface area contributed by atoms with E-state index in [-0.39, 0.29) is 5.78 Å². The summed E-state index contributed by atoms with van der Waals surface area (Å²) in [5, 5.41) is 0. The number of ketones is 1. The summed E-state index contributed by atoms with van der Waals surface area (Å²) in [4.78, 5) is 42.7. The van der Waals surface area contributed by atoms with Gasteiger partial charge in [-0.3, -0.25) is 18.6 Å². The molecule has 0 unspecified atom stereocenters. The van der Waals surface area contributed by atoms with Crippen molar-refractivity contribution in [1.29, 1.82) is 0 Å². The molecule has 8 heteroatoms. The van der Waals surface area contributed by atoms with E-state index in [0.717, 1.165) is 28.8 Å². The van der Waals surface area contributed by atoms with Crippen molar-refractivity contribution < 1.29 is 4.79 Å². The van der Waals surface area contributed by atoms with Gasteiger partial charge in [0.2, 0.25) is 5.78 Å². The molecule has 0 spiro atoms. The molecule has 0 saturated heterocycles. The standard InChI is InChI=1S/C20H27N5O3/c1-11-12(2)24-16-17(21-19(24)23(11)15-9-7-6-8-10-15)22(5)20(28)25(18(16)27)13(3)14(4)26/h13,15H,6-10H2,1-5H3/t13-/m1/s1. The Morgan fingerprint density at radius 1 is 1.11 bits per heavy atom. The Balaban J connectivity index is 2.12. The summed E-state index contributed by atoms with van der Waals surface area (Å²) < 4.78 is 6.52. The van der Waals surface area contributed by atoms with E-state index in [1.165, 1.54) is 30.8 Å². The molecule has 150 valence electrons. The molecule has 1 aliphatic carbocycles. The van der Waals surface area contributed by atoms with Gasteiger partial charge in [0.25, 0.3) is 5.56 Å². The Kier molecular flexibility index (Phi) is 4.32. The first kappa shape index (κ1) is 18.7. The molecule has 1 fully saturated rings. The molecule has 0 radical (unpaired) electrons. The van der Waals surface area contributed by atoms with Gasteiger partial charge in [-0.25, -0.2) is 9.36 Å². The summed E-state index contributed by atoms with van der Waals surface area (Å²) in [5.74, 6) is 0.476. The molecule has 3 heterocycles. The number of hydrogen-bond acceptors (Lipinski definition) is 4. The second-order valence-electron chi connectivity index (χ2n) is 8.06. The van der Waals surface area contributed by atoms with Crippen molar-refractivity contribution >= 4 is 22.7 Å². The zero-order valence-electron chi connectivity index (χ0n) is 17.2. The third kappa shape index (κ3) is 2.43. The number of carbonyl (C=O) groups excluding carboxylic acids is 1. The Morgan fingerprint density at radius 3 is 2.36 bits per heavy atom. The molecular weight excluding hydrogens is 358 g/mol. The largest absolute Gasteiger partial charge is 0.333 e. The monoisotopic (exact) mass is 385 g/mol. The number of carbonyl (C=O) groups is 1. The van der Waals surface area contributed by atoms with Gasteiger partial charge in [-0.15, -0.1) is 0 Å². The van der Waals surface area contributed by atoms with Crippen LogP contribution >= 0.6 is 0 Å². The zero-order chi connectivity index (χ0) is 20.3. The Labute approximate surface area is 162 Å². The maximum Gasteiger partial charge on any atom is 0.333 e. The van der Waals surface area contributed by atoms with Crippen molar-refractivity contribution in [3.8, 4) is 0 Å². The molecule has 0 aromatic carbocycles. The quantitative estimate of drug-likeness (QED) is 0.693. The molecule has 0 N–H and O–H groups in total. The van der Waals surface area contributed by atoms with Crippen molar-refractivity contribution in [3.63, 3.8) is 0 Å². The lowest BCUT2D eigenvalue weighted by atomic mass is 9.95. The number of imidazole rings is 2. The number of hydrogen-bond donors (Lipinski definition) is 0. The molecule has 1 saturated carbocycles. The summed E-state index contributed by atoms with van der Waals surface area (Å²) >= 11 is 0. The van der Waals surface area contributed by atoms with Crippen LogP contribution < -0.4 is 11.2 Å². The first-order valence-electron chi connectivity index (χ1n) is 9.97. The van der Waals surface area contributed by atoms with E-state index in [1.54, 1.807) is 14.0 Å². The SMILES string of the molecule is CC(=O)[C@@H](C)n1c(=O)c2c(nc3n(C4CCCCC4)c(C)c(C)n23)n(C)c1=O. The van der Waals surface area contributed by atoms with Gasteiger partial charge in [0, 0.05) is 24.5 Å². The lowest BCUT2D eigenvalue weighted by Crippen LogP contribution is -2.42. The average Bonchev–Trinajstić information content (AvgIpc) is 3.16. The summed E-state index contributed by atoms with van der Waals surface area (Å²) in [6.45, 7) is 7.01. The van der Waals surface area contributed by atoms with E-state index in [4.69, 9.17) is 4.98 Å². The van der Waals surface area contributed by atoms with Crippen LogP contribution in [-0.4, -0.2) is 28.9 Å². The molecule has 8 nitrogen and oxygen atoms in total. The molecule has 3 aromatic heterocycles. The van der Waals surface area contributed by atoms with Gasteiger partial charge in [0.1, 0.15) is 0 Å². The summed E-state index contributed by atoms with van der Waals surface area (Å²) in [7, 11) is 1.60. The van der Waals surface area contributed by atoms with E-state index in [9.17, 15) is 14.4 Å². The minimum atomic E-state index is -0.817. The highest BCUT2D eigenvalue weighted by atomic mass is 16.2. The lowest BCUT2D eigenvalue weighted by molar-refractivity contribution is -0.119. The predicted octanol–water partition coefficient (Wildman–Crippen LogP) is 2.42. The molecule has 0 bridgehead atoms. The molecule has 0 aliphatic heterocycles. The predicted molar refractivity (Wildman–Crippen MR) is 107 cm³/mol. The molecule has 1 atom stereocenters. The van der Waals surface area contributed by atoms with Gasteiger partial charge in [-0.05, 0) is 40.5 Å². The Hall–Kier alpha value is -2.64. The molecule has 4 rings (SSSR count). The number of rotatable bonds is 3. The first-order chi connectivity index (χ1) is 13.3. The highest BCUT2D eigenvalue weighted by Crippen LogP contribution is 2.33. The number of aromatic nitrogens is 5. The van der Waals surface area contributed by atoms with Crippen molar-refractivity contribution in [3.05, 3.63) is 32.2 Å². The summed E-state index contributed by atoms with van der Waals surface area (Å²) in [5.41, 5.74) is 1.79. The van der Waals surface area contributed by atoms with E-state index < -0.39 is 17.3 Å². The van der Waals surface area contributed by atoms with Crippen LogP contribution in [0.3, 0.4) is 0 Å². The van der Waals surface area contributed by atoms with Gasteiger partial charge in [0.15, 0.2) is 16.9 Å². The highest BCUT2D eigenvalue weighted by molar-refractivity contribution is 5.81. The van der Waals surface area contributed by atoms with E-state index >= 15 is 0 Å². The van der Waals surface area contributed by atoms with Gasteiger partial charge >= 0.3 is 5.69 Å². The van der Waals surface area contributed by atoms with E-state index in [1.807, 2.05) is 11.3 Å². The van der Waals surface area contributed by atoms with Crippen LogP contribution in [0.1, 0.15) is 69.4 Å². The zero-order valence-corrected chi connectivity index (χ0v) is 17.2. The Morgan fingerprint density at radius 2 is 1.75 bits per heavy atom. The number of nitrogens with zero attached hydrogens (tertiary/aromatic N) is 5. The summed E-state index contributed by atoms with van der Waals surface area (Å²) in [6, 6.07) is -0.458. The number of fused-ring (bicyclic) bond motifs is 3. The number of Topliss-reactive ketones (excluding diaryl/α,β-unsaturated/α-hetero) is 1. The van der Waals surface area contributed by atoms with Gasteiger partial charge < -0.3 is 4.57 Å². The van der Waals surface area contributed by atoms with Gasteiger partial charge in [-0.2, -0.15) is 4.98 Å². The topological polar surface area (TPSA) is 83.3 Å². The van der Waals surface area contributed by atoms with Crippen molar-refractivity contribution in [2.45, 2.75) is 71.9 Å². The molecular formula is C20H27N5O3. The third-order valence-electron chi connectivity index (χ3n) is 6.42.